The van der Waals surface area contributed by atoms with Crippen LogP contribution in [0.15, 0.2) is 97.4 Å². The van der Waals surface area contributed by atoms with E-state index in [1.807, 2.05) is 36.7 Å². The van der Waals surface area contributed by atoms with Crippen molar-refractivity contribution in [1.82, 2.24) is 5.32 Å². The number of fused-ring (bicyclic) bond motifs is 3. The molecule has 2 heteroatoms. The molecule has 110 valence electrons. The van der Waals surface area contributed by atoms with E-state index in [1.54, 1.807) is 0 Å². The van der Waals surface area contributed by atoms with Crippen molar-refractivity contribution in [3.05, 3.63) is 97.4 Å². The summed E-state index contributed by atoms with van der Waals surface area (Å²) < 4.78 is 0. The Morgan fingerprint density at radius 2 is 1.23 bits per heavy atom. The predicted molar refractivity (Wildman–Crippen MR) is 98.4 cm³/mol. The Kier molecular flexibility index (Phi) is 5.81. The minimum absolute atomic E-state index is 0. The van der Waals surface area contributed by atoms with Gasteiger partial charge in [-0.2, -0.15) is 0 Å². The molecule has 1 nitrogen and oxygen atoms in total. The van der Waals surface area contributed by atoms with Crippen LogP contribution in [0.25, 0.3) is 21.9 Å². The number of hydrogen-bond acceptors (Lipinski definition) is 1. The minimum atomic E-state index is 0. The lowest BCUT2D eigenvalue weighted by molar-refractivity contribution is 1.20. The highest BCUT2D eigenvalue weighted by molar-refractivity contribution is 5.96. The van der Waals surface area contributed by atoms with E-state index in [4.69, 9.17) is 0 Å². The molecule has 0 spiro atoms. The van der Waals surface area contributed by atoms with Crippen LogP contribution < -0.4 is 5.32 Å². The van der Waals surface area contributed by atoms with E-state index >= 15 is 0 Å². The summed E-state index contributed by atoms with van der Waals surface area (Å²) in [4.78, 5) is 0. The highest BCUT2D eigenvalue weighted by Crippen LogP contribution is 2.29. The fourth-order valence-corrected chi connectivity index (χ4v) is 2.37. The molecule has 0 saturated carbocycles. The number of halogens is 1. The second kappa shape index (κ2) is 8.06. The van der Waals surface area contributed by atoms with Crippen LogP contribution >= 0.6 is 12.4 Å². The van der Waals surface area contributed by atoms with Gasteiger partial charge in [-0.05, 0) is 34.1 Å². The van der Waals surface area contributed by atoms with Crippen molar-refractivity contribution in [1.29, 1.82) is 0 Å². The number of rotatable bonds is 0. The maximum absolute atomic E-state index is 2.92. The van der Waals surface area contributed by atoms with Crippen LogP contribution in [-0.4, -0.2) is 0 Å². The van der Waals surface area contributed by atoms with Crippen LogP contribution in [0.3, 0.4) is 0 Å². The van der Waals surface area contributed by atoms with E-state index in [0.717, 1.165) is 0 Å². The molecule has 0 aromatic heterocycles. The highest BCUT2D eigenvalue weighted by Gasteiger charge is 2.03. The summed E-state index contributed by atoms with van der Waals surface area (Å²) in [6.07, 6.45) is 11.6. The monoisotopic (exact) mass is 307 g/mol. The van der Waals surface area contributed by atoms with Crippen LogP contribution in [0.5, 0.6) is 0 Å². The summed E-state index contributed by atoms with van der Waals surface area (Å²) in [7, 11) is 0. The Bertz CT molecular complexity index is 773. The van der Waals surface area contributed by atoms with Crippen molar-refractivity contribution in [3.8, 4) is 11.1 Å². The second-order valence-electron chi connectivity index (χ2n) is 4.78. The summed E-state index contributed by atoms with van der Waals surface area (Å²) in [5, 5.41) is 5.55. The predicted octanol–water partition coefficient (Wildman–Crippen LogP) is 5.54. The van der Waals surface area contributed by atoms with Crippen molar-refractivity contribution in [3.63, 3.8) is 0 Å². The van der Waals surface area contributed by atoms with Crippen LogP contribution in [-0.2, 0) is 0 Å². The van der Waals surface area contributed by atoms with Crippen LogP contribution in [0, 0.1) is 0 Å². The maximum Gasteiger partial charge on any atom is 0.000442 e. The first kappa shape index (κ1) is 15.9. The smallest absolute Gasteiger partial charge is 0.000442 e. The molecule has 2 aliphatic carbocycles. The third-order valence-electron chi connectivity index (χ3n) is 3.37. The largest absolute Gasteiger partial charge is 0.368 e. The van der Waals surface area contributed by atoms with Gasteiger partial charge in [-0.3, -0.25) is 0 Å². The molecule has 1 heterocycles. The molecule has 0 bridgehead atoms. The Morgan fingerprint density at radius 1 is 0.591 bits per heavy atom. The van der Waals surface area contributed by atoms with Gasteiger partial charge in [0.05, 0.1) is 0 Å². The zero-order valence-electron chi connectivity index (χ0n) is 12.1. The molecule has 0 amide bonds. The van der Waals surface area contributed by atoms with Gasteiger partial charge in [0.1, 0.15) is 0 Å². The van der Waals surface area contributed by atoms with Gasteiger partial charge in [0.2, 0.25) is 0 Å². The standard InChI is InChI=1S/C14H10.C6H7N.ClH/c1-2-9-13-11(5-1)6-3-7-12-8-4-10-14(12)13;1-2-4-6-7-5-3-1;/h1-10H;1-7H;1H. The van der Waals surface area contributed by atoms with Crippen molar-refractivity contribution < 1.29 is 0 Å². The minimum Gasteiger partial charge on any atom is -0.368 e. The first-order valence-corrected chi connectivity index (χ1v) is 7.06. The van der Waals surface area contributed by atoms with E-state index in [2.05, 4.69) is 66.0 Å². The third kappa shape index (κ3) is 3.78. The molecule has 22 heavy (non-hydrogen) atoms. The lowest BCUT2D eigenvalue weighted by Crippen LogP contribution is -1.87. The van der Waals surface area contributed by atoms with Crippen molar-refractivity contribution in [2.75, 3.05) is 0 Å². The average molecular weight is 308 g/mol. The zero-order valence-corrected chi connectivity index (χ0v) is 13.0. The summed E-state index contributed by atoms with van der Waals surface area (Å²) >= 11 is 0. The number of hydrogen-bond donors (Lipinski definition) is 1. The maximum atomic E-state index is 2.92. The SMILES string of the molecule is C1=CC=CNC=C1.Cl.c1cc2cccc3ccccc3c-2c1. The third-order valence-corrected chi connectivity index (χ3v) is 3.37. The number of benzene rings is 1. The van der Waals surface area contributed by atoms with Crippen molar-refractivity contribution >= 4 is 23.2 Å². The first-order valence-electron chi connectivity index (χ1n) is 7.06. The highest BCUT2D eigenvalue weighted by atomic mass is 35.5. The van der Waals surface area contributed by atoms with Crippen LogP contribution in [0.4, 0.5) is 0 Å². The van der Waals surface area contributed by atoms with E-state index in [1.165, 1.54) is 21.9 Å². The lowest BCUT2D eigenvalue weighted by atomic mass is 10.1. The summed E-state index contributed by atoms with van der Waals surface area (Å²) in [5.41, 5.74) is 2.65. The summed E-state index contributed by atoms with van der Waals surface area (Å²) in [5.74, 6) is 0. The van der Waals surface area contributed by atoms with Crippen molar-refractivity contribution in [2.45, 2.75) is 0 Å². The lowest BCUT2D eigenvalue weighted by Gasteiger charge is -1.96. The van der Waals surface area contributed by atoms with Gasteiger partial charge in [0.15, 0.2) is 0 Å². The zero-order chi connectivity index (χ0) is 14.3. The molecular formula is C20H18ClN. The molecule has 0 saturated heterocycles. The van der Waals surface area contributed by atoms with Crippen LogP contribution in [0.2, 0.25) is 0 Å². The van der Waals surface area contributed by atoms with Gasteiger partial charge in [-0.15, -0.1) is 12.4 Å². The Hall–Kier alpha value is -2.51. The Balaban J connectivity index is 0.000000189. The topological polar surface area (TPSA) is 12.0 Å². The Morgan fingerprint density at radius 3 is 2.00 bits per heavy atom. The fourth-order valence-electron chi connectivity index (χ4n) is 2.37. The second-order valence-corrected chi connectivity index (χ2v) is 4.78. The van der Waals surface area contributed by atoms with E-state index in [0.29, 0.717) is 0 Å². The number of nitrogens with one attached hydrogen (secondary N) is 1. The molecule has 3 aliphatic rings. The van der Waals surface area contributed by atoms with Gasteiger partial charge >= 0.3 is 0 Å². The molecule has 0 atom stereocenters. The normalized spacial score (nSPS) is 12.0. The van der Waals surface area contributed by atoms with E-state index in [-0.39, 0.29) is 12.4 Å². The first-order chi connectivity index (χ1) is 10.4. The van der Waals surface area contributed by atoms with Crippen LogP contribution in [0.1, 0.15) is 0 Å². The summed E-state index contributed by atoms with van der Waals surface area (Å²) in [6, 6.07) is 21.4. The fraction of sp³-hybridized carbons (Fsp3) is 0. The molecule has 1 aromatic rings. The molecule has 0 fully saturated rings. The van der Waals surface area contributed by atoms with Gasteiger partial charge in [-0.1, -0.05) is 72.8 Å². The molecular weight excluding hydrogens is 290 g/mol. The van der Waals surface area contributed by atoms with Crippen molar-refractivity contribution in [2.24, 2.45) is 0 Å². The molecule has 1 aliphatic heterocycles. The molecule has 0 radical (unpaired) electrons. The average Bonchev–Trinajstić information content (AvgIpc) is 2.74. The molecule has 0 unspecified atom stereocenters. The van der Waals surface area contributed by atoms with E-state index in [9.17, 15) is 0 Å². The molecule has 1 aromatic carbocycles. The van der Waals surface area contributed by atoms with Gasteiger partial charge < -0.3 is 5.32 Å². The van der Waals surface area contributed by atoms with E-state index < -0.39 is 0 Å². The number of allylic oxidation sites excluding steroid dienone is 4. The summed E-state index contributed by atoms with van der Waals surface area (Å²) in [6.45, 7) is 0. The van der Waals surface area contributed by atoms with Gasteiger partial charge in [-0.25, -0.2) is 0 Å². The quantitative estimate of drug-likeness (QED) is 0.575. The molecule has 1 N–H and O–H groups in total. The van der Waals surface area contributed by atoms with Gasteiger partial charge in [0.25, 0.3) is 0 Å². The molecule has 4 rings (SSSR count). The van der Waals surface area contributed by atoms with Gasteiger partial charge in [0, 0.05) is 12.4 Å². The Labute approximate surface area is 137 Å².